The third kappa shape index (κ3) is 2.82. The highest BCUT2D eigenvalue weighted by Crippen LogP contribution is 2.21. The first-order valence-corrected chi connectivity index (χ1v) is 5.25. The molecule has 6 heteroatoms. The Morgan fingerprint density at radius 2 is 2.62 bits per heavy atom. The molecule has 0 aromatic heterocycles. The molecular formula is C7H12N4OS. The normalized spacial score (nSPS) is 20.8. The Kier molecular flexibility index (Phi) is 3.92. The highest BCUT2D eigenvalue weighted by atomic mass is 32.2. The van der Waals surface area contributed by atoms with Crippen LogP contribution >= 0.6 is 11.8 Å². The van der Waals surface area contributed by atoms with E-state index < -0.39 is 0 Å². The first kappa shape index (κ1) is 10.2. The molecule has 5 nitrogen and oxygen atoms in total. The molecule has 1 aliphatic rings. The lowest BCUT2D eigenvalue weighted by molar-refractivity contribution is -0.129. The zero-order valence-corrected chi connectivity index (χ0v) is 8.33. The van der Waals surface area contributed by atoms with E-state index >= 15 is 0 Å². The summed E-state index contributed by atoms with van der Waals surface area (Å²) >= 11 is 1.85. The lowest BCUT2D eigenvalue weighted by atomic mass is 10.2. The second-order valence-corrected chi connectivity index (χ2v) is 4.06. The third-order valence-corrected chi connectivity index (χ3v) is 3.26. The predicted molar refractivity (Wildman–Crippen MR) is 52.5 cm³/mol. The van der Waals surface area contributed by atoms with E-state index in [-0.39, 0.29) is 12.5 Å². The van der Waals surface area contributed by atoms with Crippen molar-refractivity contribution in [1.29, 1.82) is 0 Å². The van der Waals surface area contributed by atoms with Crippen LogP contribution in [-0.2, 0) is 4.79 Å². The highest BCUT2D eigenvalue weighted by Gasteiger charge is 2.22. The van der Waals surface area contributed by atoms with Crippen molar-refractivity contribution in [3.05, 3.63) is 10.4 Å². The Hall–Kier alpha value is -0.870. The van der Waals surface area contributed by atoms with Gasteiger partial charge in [-0.05, 0) is 17.7 Å². The van der Waals surface area contributed by atoms with Gasteiger partial charge in [-0.3, -0.25) is 4.79 Å². The third-order valence-electron chi connectivity index (χ3n) is 2.12. The maximum atomic E-state index is 11.3. The van der Waals surface area contributed by atoms with E-state index in [9.17, 15) is 4.79 Å². The standard InChI is InChI=1S/C7H12N4OS/c1-11(6-2-3-13-5-6)7(12)4-9-10-8/h6H,2-5H2,1H3/t6-/m0/s1. The number of nitrogens with zero attached hydrogens (tertiary/aromatic N) is 4. The van der Waals surface area contributed by atoms with Gasteiger partial charge in [-0.25, -0.2) is 0 Å². The average molecular weight is 200 g/mol. The molecule has 1 heterocycles. The van der Waals surface area contributed by atoms with E-state index in [1.807, 2.05) is 11.8 Å². The van der Waals surface area contributed by atoms with Crippen molar-refractivity contribution < 1.29 is 4.79 Å². The fourth-order valence-corrected chi connectivity index (χ4v) is 2.50. The van der Waals surface area contributed by atoms with Crippen LogP contribution in [0.15, 0.2) is 5.11 Å². The van der Waals surface area contributed by atoms with E-state index in [4.69, 9.17) is 5.53 Å². The Morgan fingerprint density at radius 1 is 1.85 bits per heavy atom. The van der Waals surface area contributed by atoms with Crippen molar-refractivity contribution >= 4 is 17.7 Å². The summed E-state index contributed by atoms with van der Waals surface area (Å²) in [5.74, 6) is 2.02. The van der Waals surface area contributed by atoms with E-state index in [2.05, 4.69) is 10.0 Å². The number of amides is 1. The maximum absolute atomic E-state index is 11.3. The van der Waals surface area contributed by atoms with Gasteiger partial charge in [0.2, 0.25) is 5.91 Å². The molecular weight excluding hydrogens is 188 g/mol. The highest BCUT2D eigenvalue weighted by molar-refractivity contribution is 7.99. The zero-order chi connectivity index (χ0) is 9.68. The van der Waals surface area contributed by atoms with E-state index in [0.717, 1.165) is 17.9 Å². The molecule has 0 bridgehead atoms. The molecule has 1 aliphatic heterocycles. The Labute approximate surface area is 81.1 Å². The molecule has 0 aliphatic carbocycles. The van der Waals surface area contributed by atoms with Gasteiger partial charge in [-0.2, -0.15) is 11.8 Å². The maximum Gasteiger partial charge on any atom is 0.228 e. The second kappa shape index (κ2) is 4.99. The molecule has 0 spiro atoms. The van der Waals surface area contributed by atoms with Crippen molar-refractivity contribution in [3.63, 3.8) is 0 Å². The summed E-state index contributed by atoms with van der Waals surface area (Å²) in [7, 11) is 1.77. The smallest absolute Gasteiger partial charge is 0.228 e. The molecule has 0 unspecified atom stereocenters. The number of carbonyl (C=O) groups is 1. The first-order chi connectivity index (χ1) is 6.25. The number of hydrogen-bond acceptors (Lipinski definition) is 3. The SMILES string of the molecule is CN(C(=O)CN=[N+]=[N-])[C@H]1CCSC1. The van der Waals surface area contributed by atoms with Gasteiger partial charge >= 0.3 is 0 Å². The fraction of sp³-hybridized carbons (Fsp3) is 0.857. The van der Waals surface area contributed by atoms with Gasteiger partial charge in [0, 0.05) is 23.8 Å². The molecule has 1 saturated heterocycles. The van der Waals surface area contributed by atoms with Crippen LogP contribution in [0.1, 0.15) is 6.42 Å². The molecule has 0 aromatic carbocycles. The molecule has 1 fully saturated rings. The van der Waals surface area contributed by atoms with Gasteiger partial charge < -0.3 is 4.90 Å². The molecule has 0 aromatic rings. The summed E-state index contributed by atoms with van der Waals surface area (Å²) in [5.41, 5.74) is 8.05. The van der Waals surface area contributed by atoms with Crippen LogP contribution in [0.4, 0.5) is 0 Å². The number of carbonyl (C=O) groups excluding carboxylic acids is 1. The Morgan fingerprint density at radius 3 is 3.15 bits per heavy atom. The van der Waals surface area contributed by atoms with Gasteiger partial charge in [0.25, 0.3) is 0 Å². The molecule has 0 saturated carbocycles. The number of thioether (sulfide) groups is 1. The summed E-state index contributed by atoms with van der Waals surface area (Å²) in [6.45, 7) is -0.0613. The summed E-state index contributed by atoms with van der Waals surface area (Å²) in [4.78, 5) is 15.6. The largest absolute Gasteiger partial charge is 0.342 e. The first-order valence-electron chi connectivity index (χ1n) is 4.10. The quantitative estimate of drug-likeness (QED) is 0.391. The minimum Gasteiger partial charge on any atom is -0.342 e. The summed E-state index contributed by atoms with van der Waals surface area (Å²) in [6, 6.07) is 0.325. The summed E-state index contributed by atoms with van der Waals surface area (Å²) < 4.78 is 0. The van der Waals surface area contributed by atoms with Crippen LogP contribution in [0.2, 0.25) is 0 Å². The van der Waals surface area contributed by atoms with Gasteiger partial charge in [-0.1, -0.05) is 5.11 Å². The molecule has 1 rings (SSSR count). The predicted octanol–water partition coefficient (Wildman–Crippen LogP) is 1.26. The van der Waals surface area contributed by atoms with Crippen molar-refractivity contribution in [2.75, 3.05) is 25.1 Å². The van der Waals surface area contributed by atoms with E-state index in [1.165, 1.54) is 0 Å². The van der Waals surface area contributed by atoms with Crippen molar-refractivity contribution in [2.45, 2.75) is 12.5 Å². The van der Waals surface area contributed by atoms with Gasteiger partial charge in [0.1, 0.15) is 6.54 Å². The number of rotatable bonds is 3. The molecule has 0 radical (unpaired) electrons. The minimum absolute atomic E-state index is 0.0613. The van der Waals surface area contributed by atoms with Gasteiger partial charge in [0.05, 0.1) is 0 Å². The molecule has 13 heavy (non-hydrogen) atoms. The average Bonchev–Trinajstić information content (AvgIpc) is 2.65. The molecule has 1 atom stereocenters. The van der Waals surface area contributed by atoms with Crippen LogP contribution in [-0.4, -0.2) is 41.9 Å². The second-order valence-electron chi connectivity index (χ2n) is 2.91. The fourth-order valence-electron chi connectivity index (χ4n) is 1.23. The topological polar surface area (TPSA) is 69.1 Å². The molecule has 72 valence electrons. The minimum atomic E-state index is -0.0923. The number of azide groups is 1. The van der Waals surface area contributed by atoms with Crippen molar-refractivity contribution in [1.82, 2.24) is 4.90 Å². The Balaban J connectivity index is 2.40. The van der Waals surface area contributed by atoms with E-state index in [1.54, 1.807) is 11.9 Å². The van der Waals surface area contributed by atoms with Crippen molar-refractivity contribution in [2.24, 2.45) is 5.11 Å². The van der Waals surface area contributed by atoms with Crippen LogP contribution < -0.4 is 0 Å². The van der Waals surface area contributed by atoms with Crippen LogP contribution in [0.25, 0.3) is 10.4 Å². The van der Waals surface area contributed by atoms with Crippen molar-refractivity contribution in [3.8, 4) is 0 Å². The van der Waals surface area contributed by atoms with Gasteiger partial charge in [0.15, 0.2) is 0 Å². The van der Waals surface area contributed by atoms with Gasteiger partial charge in [-0.15, -0.1) is 0 Å². The summed E-state index contributed by atoms with van der Waals surface area (Å²) in [5, 5.41) is 3.25. The van der Waals surface area contributed by atoms with Crippen LogP contribution in [0.3, 0.4) is 0 Å². The van der Waals surface area contributed by atoms with E-state index in [0.29, 0.717) is 6.04 Å². The monoisotopic (exact) mass is 200 g/mol. The number of likely N-dealkylation sites (N-methyl/N-ethyl adjacent to an activating group) is 1. The molecule has 0 N–H and O–H groups in total. The molecule has 1 amide bonds. The lowest BCUT2D eigenvalue weighted by Gasteiger charge is -2.22. The van der Waals surface area contributed by atoms with Crippen LogP contribution in [0, 0.1) is 0 Å². The number of hydrogen-bond donors (Lipinski definition) is 0. The lowest BCUT2D eigenvalue weighted by Crippen LogP contribution is -2.38. The zero-order valence-electron chi connectivity index (χ0n) is 7.51. The van der Waals surface area contributed by atoms with Crippen LogP contribution in [0.5, 0.6) is 0 Å². The summed E-state index contributed by atoms with van der Waals surface area (Å²) in [6.07, 6.45) is 1.04. The Bertz CT molecular complexity index is 233.